The number of nitrogens with two attached hydrogens (primary N) is 1. The third-order valence-electron chi connectivity index (χ3n) is 7.60. The molecule has 0 radical (unpaired) electrons. The Labute approximate surface area is 217 Å². The Bertz CT molecular complexity index is 1290. The number of hydrogen-bond acceptors (Lipinski definition) is 4. The zero-order valence-electron chi connectivity index (χ0n) is 21.1. The van der Waals surface area contributed by atoms with Crippen molar-refractivity contribution < 1.29 is 9.59 Å². The first-order valence-corrected chi connectivity index (χ1v) is 13.3. The van der Waals surface area contributed by atoms with Crippen LogP contribution in [0.25, 0.3) is 11.3 Å². The Morgan fingerprint density at radius 3 is 2.30 bits per heavy atom. The van der Waals surface area contributed by atoms with Gasteiger partial charge in [0.2, 0.25) is 5.91 Å². The van der Waals surface area contributed by atoms with E-state index in [1.54, 1.807) is 4.57 Å². The van der Waals surface area contributed by atoms with Crippen LogP contribution >= 0.6 is 0 Å². The molecule has 3 N–H and O–H groups in total. The summed E-state index contributed by atoms with van der Waals surface area (Å²) in [4.78, 5) is 42.3. The second-order valence-corrected chi connectivity index (χ2v) is 10.1. The number of aromatic nitrogens is 2. The monoisotopic (exact) mass is 501 g/mol. The Kier molecular flexibility index (Phi) is 7.55. The highest BCUT2D eigenvalue weighted by molar-refractivity contribution is 5.99. The summed E-state index contributed by atoms with van der Waals surface area (Å²) >= 11 is 0. The van der Waals surface area contributed by atoms with Crippen molar-refractivity contribution in [2.75, 3.05) is 19.6 Å². The van der Waals surface area contributed by atoms with Crippen molar-refractivity contribution in [2.24, 2.45) is 5.73 Å². The molecule has 2 fully saturated rings. The summed E-state index contributed by atoms with van der Waals surface area (Å²) in [6.07, 6.45) is 5.65. The maximum atomic E-state index is 14.4. The molecule has 1 aliphatic heterocycles. The van der Waals surface area contributed by atoms with E-state index >= 15 is 0 Å². The SMILES string of the molecule is NC(=O)Cn1c(C(=O)N2CCNCC2Cc2ccccc2)c(-c2ccccc2)n(C2CCCCC2)c1=O. The zero-order valence-corrected chi connectivity index (χ0v) is 21.1. The van der Waals surface area contributed by atoms with Crippen LogP contribution in [-0.2, 0) is 17.8 Å². The fourth-order valence-corrected chi connectivity index (χ4v) is 5.87. The molecule has 2 aromatic carbocycles. The van der Waals surface area contributed by atoms with Gasteiger partial charge in [-0.05, 0) is 24.8 Å². The molecule has 1 saturated heterocycles. The third kappa shape index (κ3) is 5.25. The minimum atomic E-state index is -0.641. The lowest BCUT2D eigenvalue weighted by atomic mass is 9.94. The lowest BCUT2D eigenvalue weighted by Gasteiger charge is -2.36. The molecule has 0 spiro atoms. The molecule has 1 saturated carbocycles. The number of rotatable bonds is 7. The molecule has 8 nitrogen and oxygen atoms in total. The maximum absolute atomic E-state index is 14.4. The minimum absolute atomic E-state index is 0.0136. The minimum Gasteiger partial charge on any atom is -0.368 e. The van der Waals surface area contributed by atoms with Gasteiger partial charge in [-0.25, -0.2) is 4.79 Å². The molecule has 1 aromatic heterocycles. The van der Waals surface area contributed by atoms with E-state index in [1.807, 2.05) is 53.4 Å². The fourth-order valence-electron chi connectivity index (χ4n) is 5.87. The summed E-state index contributed by atoms with van der Waals surface area (Å²) in [5, 5.41) is 3.41. The summed E-state index contributed by atoms with van der Waals surface area (Å²) in [5.74, 6) is -0.869. The van der Waals surface area contributed by atoms with Crippen molar-refractivity contribution in [2.45, 2.75) is 57.2 Å². The molecule has 2 amide bonds. The zero-order chi connectivity index (χ0) is 25.8. The van der Waals surface area contributed by atoms with Crippen LogP contribution in [0.1, 0.15) is 54.2 Å². The number of carbonyl (C=O) groups excluding carboxylic acids is 2. The van der Waals surface area contributed by atoms with Crippen LogP contribution in [-0.4, -0.2) is 51.5 Å². The van der Waals surface area contributed by atoms with E-state index in [-0.39, 0.29) is 35.9 Å². The van der Waals surface area contributed by atoms with Crippen molar-refractivity contribution >= 4 is 11.8 Å². The van der Waals surface area contributed by atoms with Crippen LogP contribution in [0.5, 0.6) is 0 Å². The number of primary amides is 1. The topological polar surface area (TPSA) is 102 Å². The van der Waals surface area contributed by atoms with Gasteiger partial charge in [0.1, 0.15) is 12.2 Å². The summed E-state index contributed by atoms with van der Waals surface area (Å²) in [7, 11) is 0. The number of benzene rings is 2. The number of nitrogens with one attached hydrogen (secondary N) is 1. The standard InChI is InChI=1S/C29H35N5O3/c30-25(35)20-33-27(28(36)32-17-16-31-19-24(32)18-21-10-4-1-5-11-21)26(22-12-6-2-7-13-22)34(29(33)37)23-14-8-3-9-15-23/h1-2,4-7,10-13,23-24,31H,3,8-9,14-20H2,(H2,30,35). The van der Waals surface area contributed by atoms with Crippen LogP contribution in [0.2, 0.25) is 0 Å². The van der Waals surface area contributed by atoms with Gasteiger partial charge in [0.15, 0.2) is 0 Å². The van der Waals surface area contributed by atoms with Gasteiger partial charge < -0.3 is 16.0 Å². The highest BCUT2D eigenvalue weighted by atomic mass is 16.2. The number of piperazine rings is 1. The molecule has 37 heavy (non-hydrogen) atoms. The predicted molar refractivity (Wildman–Crippen MR) is 143 cm³/mol. The fraction of sp³-hybridized carbons (Fsp3) is 0.414. The maximum Gasteiger partial charge on any atom is 0.330 e. The molecular formula is C29H35N5O3. The van der Waals surface area contributed by atoms with Crippen LogP contribution < -0.4 is 16.7 Å². The Balaban J connectivity index is 1.65. The molecule has 8 heteroatoms. The normalized spacial score (nSPS) is 18.6. The molecule has 1 unspecified atom stereocenters. The van der Waals surface area contributed by atoms with E-state index < -0.39 is 5.91 Å². The summed E-state index contributed by atoms with van der Waals surface area (Å²) < 4.78 is 3.10. The van der Waals surface area contributed by atoms with Gasteiger partial charge >= 0.3 is 5.69 Å². The lowest BCUT2D eigenvalue weighted by Crippen LogP contribution is -2.55. The van der Waals surface area contributed by atoms with Crippen LogP contribution in [0, 0.1) is 0 Å². The van der Waals surface area contributed by atoms with E-state index in [4.69, 9.17) is 5.73 Å². The van der Waals surface area contributed by atoms with Crippen LogP contribution in [0.4, 0.5) is 0 Å². The first kappa shape index (κ1) is 25.0. The molecule has 2 aliphatic rings. The molecule has 5 rings (SSSR count). The van der Waals surface area contributed by atoms with Gasteiger partial charge in [0, 0.05) is 37.3 Å². The molecule has 1 aliphatic carbocycles. The highest BCUT2D eigenvalue weighted by Crippen LogP contribution is 2.34. The van der Waals surface area contributed by atoms with Gasteiger partial charge in [-0.3, -0.25) is 18.7 Å². The molecule has 194 valence electrons. The second-order valence-electron chi connectivity index (χ2n) is 10.1. The van der Waals surface area contributed by atoms with Crippen molar-refractivity contribution in [3.63, 3.8) is 0 Å². The predicted octanol–water partition coefficient (Wildman–Crippen LogP) is 2.96. The van der Waals surface area contributed by atoms with E-state index in [1.165, 1.54) is 4.57 Å². The molecule has 2 heterocycles. The number of nitrogens with zero attached hydrogens (tertiary/aromatic N) is 3. The Morgan fingerprint density at radius 2 is 1.62 bits per heavy atom. The smallest absolute Gasteiger partial charge is 0.330 e. The molecule has 1 atom stereocenters. The summed E-state index contributed by atoms with van der Waals surface area (Å²) in [6, 6.07) is 19.6. The Hall–Kier alpha value is -3.65. The van der Waals surface area contributed by atoms with Crippen LogP contribution in [0.3, 0.4) is 0 Å². The molecular weight excluding hydrogens is 466 g/mol. The number of imidazole rings is 1. The first-order chi connectivity index (χ1) is 18.0. The highest BCUT2D eigenvalue weighted by Gasteiger charge is 2.36. The average molecular weight is 502 g/mol. The first-order valence-electron chi connectivity index (χ1n) is 13.3. The van der Waals surface area contributed by atoms with E-state index in [9.17, 15) is 14.4 Å². The van der Waals surface area contributed by atoms with E-state index in [0.29, 0.717) is 31.7 Å². The number of carbonyl (C=O) groups is 2. The Morgan fingerprint density at radius 1 is 0.946 bits per heavy atom. The van der Waals surface area contributed by atoms with Gasteiger partial charge in [-0.2, -0.15) is 0 Å². The second kappa shape index (κ2) is 11.2. The van der Waals surface area contributed by atoms with Gasteiger partial charge in [-0.15, -0.1) is 0 Å². The number of hydrogen-bond donors (Lipinski definition) is 2. The van der Waals surface area contributed by atoms with Gasteiger partial charge in [-0.1, -0.05) is 79.9 Å². The lowest BCUT2D eigenvalue weighted by molar-refractivity contribution is -0.118. The van der Waals surface area contributed by atoms with E-state index in [0.717, 1.165) is 43.2 Å². The van der Waals surface area contributed by atoms with Crippen molar-refractivity contribution in [3.8, 4) is 11.3 Å². The summed E-state index contributed by atoms with van der Waals surface area (Å²) in [6.45, 7) is 1.52. The number of amides is 2. The third-order valence-corrected chi connectivity index (χ3v) is 7.60. The van der Waals surface area contributed by atoms with Crippen molar-refractivity contribution in [1.29, 1.82) is 0 Å². The quantitative estimate of drug-likeness (QED) is 0.520. The average Bonchev–Trinajstić information content (AvgIpc) is 3.21. The van der Waals surface area contributed by atoms with Crippen LogP contribution in [0.15, 0.2) is 65.5 Å². The molecule has 0 bridgehead atoms. The largest absolute Gasteiger partial charge is 0.368 e. The van der Waals surface area contributed by atoms with Gasteiger partial charge in [0.25, 0.3) is 5.91 Å². The van der Waals surface area contributed by atoms with Crippen molar-refractivity contribution in [3.05, 3.63) is 82.4 Å². The molecule has 3 aromatic rings. The van der Waals surface area contributed by atoms with Gasteiger partial charge in [0.05, 0.1) is 5.69 Å². The van der Waals surface area contributed by atoms with Crippen molar-refractivity contribution in [1.82, 2.24) is 19.4 Å². The van der Waals surface area contributed by atoms with E-state index in [2.05, 4.69) is 17.4 Å². The summed E-state index contributed by atoms with van der Waals surface area (Å²) in [5.41, 5.74) is 8.08.